The van der Waals surface area contributed by atoms with Crippen molar-refractivity contribution in [1.82, 2.24) is 14.5 Å². The molecule has 3 unspecified atom stereocenters. The summed E-state index contributed by atoms with van der Waals surface area (Å²) >= 11 is 0. The van der Waals surface area contributed by atoms with E-state index in [0.29, 0.717) is 6.04 Å². The first kappa shape index (κ1) is 23.7. The summed E-state index contributed by atoms with van der Waals surface area (Å²) in [6.45, 7) is 9.80. The number of benzene rings is 1. The second-order valence-electron chi connectivity index (χ2n) is 7.69. The van der Waals surface area contributed by atoms with Gasteiger partial charge in [0.2, 0.25) is 5.91 Å². The predicted octanol–water partition coefficient (Wildman–Crippen LogP) is 4.15. The second-order valence-corrected chi connectivity index (χ2v) is 7.69. The Bertz CT molecular complexity index is 760. The normalized spacial score (nSPS) is 19.3. The van der Waals surface area contributed by atoms with Crippen LogP contribution in [0.5, 0.6) is 0 Å². The summed E-state index contributed by atoms with van der Waals surface area (Å²) in [4.78, 5) is 19.6. The van der Waals surface area contributed by atoms with Crippen molar-refractivity contribution in [2.45, 2.75) is 58.5 Å². The smallest absolute Gasteiger partial charge is 0.226 e. The van der Waals surface area contributed by atoms with Gasteiger partial charge in [0.15, 0.2) is 0 Å². The van der Waals surface area contributed by atoms with E-state index in [1.165, 1.54) is 5.52 Å². The van der Waals surface area contributed by atoms with E-state index >= 15 is 0 Å². The Hall–Kier alpha value is -1.30. The SMILES string of the molecule is CC(N)C(C)C(=O)N1CCCC(c2nc3ccccc3n2C(C)C)C1.Cl.Cl. The number of halogens is 2. The van der Waals surface area contributed by atoms with E-state index in [1.54, 1.807) is 0 Å². The Morgan fingerprint density at radius 1 is 1.19 bits per heavy atom. The Morgan fingerprint density at radius 3 is 2.48 bits per heavy atom. The van der Waals surface area contributed by atoms with Crippen molar-refractivity contribution < 1.29 is 4.79 Å². The van der Waals surface area contributed by atoms with Crippen LogP contribution in [0.3, 0.4) is 0 Å². The molecule has 2 N–H and O–H groups in total. The van der Waals surface area contributed by atoms with Gasteiger partial charge in [0, 0.05) is 31.1 Å². The van der Waals surface area contributed by atoms with E-state index < -0.39 is 0 Å². The number of amides is 1. The van der Waals surface area contributed by atoms with Gasteiger partial charge >= 0.3 is 0 Å². The molecule has 1 saturated heterocycles. The molecule has 152 valence electrons. The molecule has 1 fully saturated rings. The van der Waals surface area contributed by atoms with Crippen molar-refractivity contribution >= 4 is 41.8 Å². The minimum absolute atomic E-state index is 0. The Balaban J connectivity index is 0.00000182. The lowest BCUT2D eigenvalue weighted by atomic mass is 9.94. The van der Waals surface area contributed by atoms with Gasteiger partial charge in [-0.2, -0.15) is 0 Å². The van der Waals surface area contributed by atoms with Crippen molar-refractivity contribution in [1.29, 1.82) is 0 Å². The summed E-state index contributed by atoms with van der Waals surface area (Å²) < 4.78 is 2.34. The number of piperidine rings is 1. The number of carbonyl (C=O) groups is 1. The van der Waals surface area contributed by atoms with E-state index in [0.717, 1.165) is 37.3 Å². The highest BCUT2D eigenvalue weighted by Gasteiger charge is 2.31. The van der Waals surface area contributed by atoms with Gasteiger partial charge < -0.3 is 15.2 Å². The minimum atomic E-state index is -0.136. The maximum atomic E-state index is 12.7. The monoisotopic (exact) mass is 414 g/mol. The number of carbonyl (C=O) groups excluding carboxylic acids is 1. The fourth-order valence-electron chi connectivity index (χ4n) is 3.79. The van der Waals surface area contributed by atoms with Crippen molar-refractivity contribution in [3.05, 3.63) is 30.1 Å². The zero-order chi connectivity index (χ0) is 18.1. The third-order valence-corrected chi connectivity index (χ3v) is 5.42. The van der Waals surface area contributed by atoms with E-state index in [9.17, 15) is 4.79 Å². The van der Waals surface area contributed by atoms with Gasteiger partial charge in [-0.1, -0.05) is 19.1 Å². The highest BCUT2D eigenvalue weighted by atomic mass is 35.5. The van der Waals surface area contributed by atoms with Crippen LogP contribution in [0.4, 0.5) is 0 Å². The molecular weight excluding hydrogens is 383 g/mol. The second kappa shape index (κ2) is 9.76. The van der Waals surface area contributed by atoms with Crippen molar-refractivity contribution in [2.24, 2.45) is 11.7 Å². The number of nitrogens with zero attached hydrogens (tertiary/aromatic N) is 3. The van der Waals surface area contributed by atoms with Crippen molar-refractivity contribution in [3.63, 3.8) is 0 Å². The molecule has 5 nitrogen and oxygen atoms in total. The molecule has 2 heterocycles. The maximum Gasteiger partial charge on any atom is 0.226 e. The molecule has 7 heteroatoms. The molecule has 1 aliphatic heterocycles. The summed E-state index contributed by atoms with van der Waals surface area (Å²) in [6, 6.07) is 8.53. The van der Waals surface area contributed by atoms with Gasteiger partial charge in [-0.3, -0.25) is 4.79 Å². The first-order valence-corrected chi connectivity index (χ1v) is 9.41. The largest absolute Gasteiger partial charge is 0.342 e. The van der Waals surface area contributed by atoms with Crippen LogP contribution in [0.25, 0.3) is 11.0 Å². The molecule has 1 aromatic heterocycles. The molecule has 3 rings (SSSR count). The van der Waals surface area contributed by atoms with Gasteiger partial charge in [0.1, 0.15) is 5.82 Å². The lowest BCUT2D eigenvalue weighted by Gasteiger charge is -2.35. The van der Waals surface area contributed by atoms with E-state index in [4.69, 9.17) is 10.7 Å². The van der Waals surface area contributed by atoms with Gasteiger partial charge in [-0.25, -0.2) is 4.98 Å². The lowest BCUT2D eigenvalue weighted by Crippen LogP contribution is -2.46. The molecule has 27 heavy (non-hydrogen) atoms. The van der Waals surface area contributed by atoms with E-state index in [-0.39, 0.29) is 48.6 Å². The van der Waals surface area contributed by atoms with E-state index in [1.807, 2.05) is 24.8 Å². The third kappa shape index (κ3) is 4.76. The number of aromatic nitrogens is 2. The van der Waals surface area contributed by atoms with Crippen LogP contribution in [0.15, 0.2) is 24.3 Å². The zero-order valence-corrected chi connectivity index (χ0v) is 18.2. The summed E-state index contributed by atoms with van der Waals surface area (Å²) in [5.74, 6) is 1.43. The van der Waals surface area contributed by atoms with Gasteiger partial charge in [0.05, 0.1) is 17.0 Å². The topological polar surface area (TPSA) is 64.2 Å². The van der Waals surface area contributed by atoms with Gasteiger partial charge in [0.25, 0.3) is 0 Å². The first-order valence-electron chi connectivity index (χ1n) is 9.41. The molecule has 0 spiro atoms. The molecular formula is C20H32Cl2N4O. The van der Waals surface area contributed by atoms with Crippen molar-refractivity contribution in [3.8, 4) is 0 Å². The molecule has 0 saturated carbocycles. The number of rotatable bonds is 4. The van der Waals surface area contributed by atoms with E-state index in [2.05, 4.69) is 36.6 Å². The molecule has 1 amide bonds. The number of hydrogen-bond acceptors (Lipinski definition) is 3. The summed E-state index contributed by atoms with van der Waals surface area (Å²) in [7, 11) is 0. The number of para-hydroxylation sites is 2. The van der Waals surface area contributed by atoms with Crippen LogP contribution in [0, 0.1) is 5.92 Å². The number of fused-ring (bicyclic) bond motifs is 1. The predicted molar refractivity (Wildman–Crippen MR) is 116 cm³/mol. The van der Waals surface area contributed by atoms with Crippen LogP contribution in [0.1, 0.15) is 58.3 Å². The Kier molecular flexibility index (Phi) is 8.58. The molecule has 1 aromatic carbocycles. The lowest BCUT2D eigenvalue weighted by molar-refractivity contribution is -0.136. The summed E-state index contributed by atoms with van der Waals surface area (Å²) in [5, 5.41) is 0. The van der Waals surface area contributed by atoms with Gasteiger partial charge in [-0.05, 0) is 45.7 Å². The Morgan fingerprint density at radius 2 is 1.85 bits per heavy atom. The van der Waals surface area contributed by atoms with Crippen LogP contribution in [-0.4, -0.2) is 39.5 Å². The van der Waals surface area contributed by atoms with Crippen molar-refractivity contribution in [2.75, 3.05) is 13.1 Å². The molecule has 0 aliphatic carbocycles. The minimum Gasteiger partial charge on any atom is -0.342 e. The number of imidazole rings is 1. The molecule has 0 bridgehead atoms. The van der Waals surface area contributed by atoms with Crippen LogP contribution >= 0.6 is 24.8 Å². The third-order valence-electron chi connectivity index (χ3n) is 5.42. The first-order chi connectivity index (χ1) is 11.9. The quantitative estimate of drug-likeness (QED) is 0.816. The van der Waals surface area contributed by atoms with Crippen LogP contribution < -0.4 is 5.73 Å². The zero-order valence-electron chi connectivity index (χ0n) is 16.6. The number of nitrogens with two attached hydrogens (primary N) is 1. The van der Waals surface area contributed by atoms with Crippen LogP contribution in [-0.2, 0) is 4.79 Å². The maximum absolute atomic E-state index is 12.7. The average molecular weight is 415 g/mol. The fraction of sp³-hybridized carbons (Fsp3) is 0.600. The summed E-state index contributed by atoms with van der Waals surface area (Å²) in [6.07, 6.45) is 2.09. The number of likely N-dealkylation sites (tertiary alicyclic amines) is 1. The highest BCUT2D eigenvalue weighted by Crippen LogP contribution is 2.32. The highest BCUT2D eigenvalue weighted by molar-refractivity contribution is 5.85. The van der Waals surface area contributed by atoms with Crippen LogP contribution in [0.2, 0.25) is 0 Å². The Labute approximate surface area is 174 Å². The summed E-state index contributed by atoms with van der Waals surface area (Å²) in [5.41, 5.74) is 8.16. The molecule has 3 atom stereocenters. The standard InChI is InChI=1S/C20H30N4O.2ClH/c1-13(2)24-18-10-6-5-9-17(18)22-19(24)16-8-7-11-23(12-16)20(25)14(3)15(4)21;;/h5-6,9-10,13-16H,7-8,11-12,21H2,1-4H3;2*1H. The number of hydrogen-bond donors (Lipinski definition) is 1. The molecule has 0 radical (unpaired) electrons. The molecule has 1 aliphatic rings. The van der Waals surface area contributed by atoms with Gasteiger partial charge in [-0.15, -0.1) is 24.8 Å². The average Bonchev–Trinajstić information content (AvgIpc) is 3.00. The fourth-order valence-corrected chi connectivity index (χ4v) is 3.79. The molecule has 2 aromatic rings.